The molecule has 1 aliphatic heterocycles. The van der Waals surface area contributed by atoms with Gasteiger partial charge in [0.2, 0.25) is 0 Å². The van der Waals surface area contributed by atoms with Crippen molar-refractivity contribution in [1.82, 2.24) is 4.90 Å². The van der Waals surface area contributed by atoms with Gasteiger partial charge in [0.05, 0.1) is 12.7 Å². The van der Waals surface area contributed by atoms with Crippen LogP contribution in [0.5, 0.6) is 0 Å². The van der Waals surface area contributed by atoms with E-state index >= 15 is 0 Å². The summed E-state index contributed by atoms with van der Waals surface area (Å²) in [5.74, 6) is 0.107. The van der Waals surface area contributed by atoms with Crippen molar-refractivity contribution in [3.8, 4) is 0 Å². The van der Waals surface area contributed by atoms with Crippen LogP contribution in [0.2, 0.25) is 0 Å². The number of rotatable bonds is 1. The van der Waals surface area contributed by atoms with Crippen molar-refractivity contribution in [3.63, 3.8) is 0 Å². The zero-order valence-electron chi connectivity index (χ0n) is 12.3. The molecule has 2 rings (SSSR count). The number of carbonyl (C=O) groups excluding carboxylic acids is 1. The van der Waals surface area contributed by atoms with E-state index in [-0.39, 0.29) is 17.4 Å². The van der Waals surface area contributed by atoms with E-state index in [1.807, 2.05) is 24.0 Å². The monoisotopic (exact) mass is 261 g/mol. The van der Waals surface area contributed by atoms with Crippen molar-refractivity contribution in [1.29, 1.82) is 0 Å². The van der Waals surface area contributed by atoms with Crippen LogP contribution < -0.4 is 0 Å². The van der Waals surface area contributed by atoms with Gasteiger partial charge in [-0.1, -0.05) is 32.9 Å². The van der Waals surface area contributed by atoms with Crippen LogP contribution in [0.3, 0.4) is 0 Å². The summed E-state index contributed by atoms with van der Waals surface area (Å²) in [5, 5.41) is 0. The van der Waals surface area contributed by atoms with E-state index in [1.54, 1.807) is 0 Å². The summed E-state index contributed by atoms with van der Waals surface area (Å²) in [4.78, 5) is 14.3. The summed E-state index contributed by atoms with van der Waals surface area (Å²) in [6, 6.07) is 7.97. The van der Waals surface area contributed by atoms with Gasteiger partial charge in [-0.05, 0) is 30.0 Å². The minimum Gasteiger partial charge on any atom is -0.375 e. The SMILES string of the molecule is C[C@H]1CN(C(=O)c2ccc(C(C)(C)C)cc2)CCO1. The van der Waals surface area contributed by atoms with Gasteiger partial charge in [0.15, 0.2) is 0 Å². The van der Waals surface area contributed by atoms with Crippen LogP contribution in [-0.2, 0) is 10.2 Å². The van der Waals surface area contributed by atoms with Gasteiger partial charge < -0.3 is 9.64 Å². The first kappa shape index (κ1) is 14.1. The molecule has 3 heteroatoms. The first-order chi connectivity index (χ1) is 8.88. The lowest BCUT2D eigenvalue weighted by Gasteiger charge is -2.31. The Kier molecular flexibility index (Phi) is 3.95. The Labute approximate surface area is 115 Å². The fraction of sp³-hybridized carbons (Fsp3) is 0.562. The molecule has 0 saturated carbocycles. The van der Waals surface area contributed by atoms with E-state index in [4.69, 9.17) is 4.74 Å². The van der Waals surface area contributed by atoms with Gasteiger partial charge in [-0.15, -0.1) is 0 Å². The summed E-state index contributed by atoms with van der Waals surface area (Å²) < 4.78 is 5.46. The zero-order chi connectivity index (χ0) is 14.0. The first-order valence-corrected chi connectivity index (χ1v) is 6.89. The Morgan fingerprint density at radius 2 is 1.89 bits per heavy atom. The molecule has 1 aromatic rings. The molecule has 1 aliphatic rings. The third kappa shape index (κ3) is 3.35. The number of amides is 1. The van der Waals surface area contributed by atoms with Crippen LogP contribution in [0, 0.1) is 0 Å². The fourth-order valence-electron chi connectivity index (χ4n) is 2.30. The van der Waals surface area contributed by atoms with Gasteiger partial charge in [0.25, 0.3) is 5.91 Å². The van der Waals surface area contributed by atoms with E-state index in [0.29, 0.717) is 19.7 Å². The lowest BCUT2D eigenvalue weighted by atomic mass is 9.86. The summed E-state index contributed by atoms with van der Waals surface area (Å²) in [7, 11) is 0. The number of hydrogen-bond acceptors (Lipinski definition) is 2. The Hall–Kier alpha value is -1.35. The molecule has 1 aromatic carbocycles. The quantitative estimate of drug-likeness (QED) is 0.778. The van der Waals surface area contributed by atoms with Crippen molar-refractivity contribution >= 4 is 5.91 Å². The lowest BCUT2D eigenvalue weighted by Crippen LogP contribution is -2.44. The van der Waals surface area contributed by atoms with Crippen LogP contribution in [0.15, 0.2) is 24.3 Å². The van der Waals surface area contributed by atoms with Gasteiger partial charge in [-0.25, -0.2) is 0 Å². The van der Waals surface area contributed by atoms with Crippen LogP contribution in [0.1, 0.15) is 43.6 Å². The summed E-state index contributed by atoms with van der Waals surface area (Å²) >= 11 is 0. The molecule has 1 heterocycles. The number of ether oxygens (including phenoxy) is 1. The van der Waals surface area contributed by atoms with Crippen LogP contribution in [0.25, 0.3) is 0 Å². The van der Waals surface area contributed by atoms with Crippen molar-refractivity contribution in [3.05, 3.63) is 35.4 Å². The zero-order valence-corrected chi connectivity index (χ0v) is 12.3. The molecule has 0 unspecified atom stereocenters. The molecule has 19 heavy (non-hydrogen) atoms. The van der Waals surface area contributed by atoms with E-state index in [9.17, 15) is 4.79 Å². The van der Waals surface area contributed by atoms with Gasteiger partial charge in [-0.2, -0.15) is 0 Å². The predicted octanol–water partition coefficient (Wildman–Crippen LogP) is 2.85. The van der Waals surface area contributed by atoms with E-state index in [0.717, 1.165) is 5.56 Å². The largest absolute Gasteiger partial charge is 0.375 e. The molecular weight excluding hydrogens is 238 g/mol. The molecule has 1 saturated heterocycles. The van der Waals surface area contributed by atoms with Crippen molar-refractivity contribution in [2.24, 2.45) is 0 Å². The highest BCUT2D eigenvalue weighted by Crippen LogP contribution is 2.22. The molecule has 0 bridgehead atoms. The highest BCUT2D eigenvalue weighted by molar-refractivity contribution is 5.94. The highest BCUT2D eigenvalue weighted by atomic mass is 16.5. The number of morpholine rings is 1. The maximum atomic E-state index is 12.4. The van der Waals surface area contributed by atoms with Crippen LogP contribution in [0.4, 0.5) is 0 Å². The van der Waals surface area contributed by atoms with Gasteiger partial charge in [0.1, 0.15) is 0 Å². The summed E-state index contributed by atoms with van der Waals surface area (Å²) in [6.45, 7) is 10.5. The molecule has 0 N–H and O–H groups in total. The fourth-order valence-corrected chi connectivity index (χ4v) is 2.30. The minimum absolute atomic E-state index is 0.107. The van der Waals surface area contributed by atoms with Crippen LogP contribution in [-0.4, -0.2) is 36.6 Å². The van der Waals surface area contributed by atoms with Gasteiger partial charge >= 0.3 is 0 Å². The van der Waals surface area contributed by atoms with Crippen LogP contribution >= 0.6 is 0 Å². The van der Waals surface area contributed by atoms with Gasteiger partial charge in [0, 0.05) is 18.7 Å². The Bertz CT molecular complexity index is 445. The highest BCUT2D eigenvalue weighted by Gasteiger charge is 2.22. The van der Waals surface area contributed by atoms with Crippen molar-refractivity contribution in [2.75, 3.05) is 19.7 Å². The van der Waals surface area contributed by atoms with E-state index in [2.05, 4.69) is 32.9 Å². The predicted molar refractivity (Wildman–Crippen MR) is 76.5 cm³/mol. The second kappa shape index (κ2) is 5.33. The molecule has 1 fully saturated rings. The molecule has 1 atom stereocenters. The average Bonchev–Trinajstić information content (AvgIpc) is 2.37. The molecule has 0 radical (unpaired) electrons. The molecule has 0 spiro atoms. The molecular formula is C16H23NO2. The van der Waals surface area contributed by atoms with E-state index in [1.165, 1.54) is 5.56 Å². The third-order valence-electron chi connectivity index (χ3n) is 3.53. The molecule has 0 aromatic heterocycles. The van der Waals surface area contributed by atoms with Crippen molar-refractivity contribution in [2.45, 2.75) is 39.2 Å². The summed E-state index contributed by atoms with van der Waals surface area (Å²) in [5.41, 5.74) is 2.14. The third-order valence-corrected chi connectivity index (χ3v) is 3.53. The first-order valence-electron chi connectivity index (χ1n) is 6.89. The normalized spacial score (nSPS) is 20.4. The lowest BCUT2D eigenvalue weighted by molar-refractivity contribution is -0.0124. The topological polar surface area (TPSA) is 29.5 Å². The molecule has 104 valence electrons. The maximum absolute atomic E-state index is 12.4. The molecule has 0 aliphatic carbocycles. The molecule has 1 amide bonds. The number of benzene rings is 1. The number of nitrogens with zero attached hydrogens (tertiary/aromatic N) is 1. The number of hydrogen-bond donors (Lipinski definition) is 0. The van der Waals surface area contributed by atoms with E-state index < -0.39 is 0 Å². The maximum Gasteiger partial charge on any atom is 0.254 e. The minimum atomic E-state index is 0.107. The average molecular weight is 261 g/mol. The standard InChI is InChI=1S/C16H23NO2/c1-12-11-17(9-10-19-12)15(18)13-5-7-14(8-6-13)16(2,3)4/h5-8,12H,9-11H2,1-4H3/t12-/m0/s1. The molecule has 3 nitrogen and oxygen atoms in total. The van der Waals surface area contributed by atoms with Crippen molar-refractivity contribution < 1.29 is 9.53 Å². The Morgan fingerprint density at radius 3 is 2.42 bits per heavy atom. The Balaban J connectivity index is 2.11. The van der Waals surface area contributed by atoms with Gasteiger partial charge in [-0.3, -0.25) is 4.79 Å². The number of carbonyl (C=O) groups is 1. The summed E-state index contributed by atoms with van der Waals surface area (Å²) in [6.07, 6.45) is 0.131. The second-order valence-corrected chi connectivity index (χ2v) is 6.26. The second-order valence-electron chi connectivity index (χ2n) is 6.26. The Morgan fingerprint density at radius 1 is 1.26 bits per heavy atom. The smallest absolute Gasteiger partial charge is 0.254 e.